The molecular formula is C14H16N4OS. The average Bonchev–Trinajstić information content (AvgIpc) is 2.92. The standard InChI is InChI=1S/C14H16N4OS/c1-10(11-4-2-3-5-15-11)16-14(19)12-8-18-6-7-20-9-13(18)17-12/h2-5,8,10H,6-7,9H2,1H3,(H,16,19). The number of nitrogens with zero attached hydrogens (tertiary/aromatic N) is 3. The van der Waals surface area contributed by atoms with E-state index in [1.807, 2.05) is 43.1 Å². The lowest BCUT2D eigenvalue weighted by Gasteiger charge is -2.12. The van der Waals surface area contributed by atoms with Crippen LogP contribution in [-0.2, 0) is 12.3 Å². The highest BCUT2D eigenvalue weighted by Gasteiger charge is 2.18. The molecule has 3 rings (SSSR count). The summed E-state index contributed by atoms with van der Waals surface area (Å²) in [4.78, 5) is 20.9. The number of rotatable bonds is 3. The molecule has 0 saturated carbocycles. The van der Waals surface area contributed by atoms with E-state index in [4.69, 9.17) is 0 Å². The molecule has 1 aliphatic rings. The largest absolute Gasteiger partial charge is 0.343 e. The van der Waals surface area contributed by atoms with Gasteiger partial charge in [0.15, 0.2) is 0 Å². The Balaban J connectivity index is 1.71. The molecule has 20 heavy (non-hydrogen) atoms. The highest BCUT2D eigenvalue weighted by Crippen LogP contribution is 2.19. The van der Waals surface area contributed by atoms with Crippen LogP contribution in [0.3, 0.4) is 0 Å². The minimum atomic E-state index is -0.143. The fraction of sp³-hybridized carbons (Fsp3) is 0.357. The quantitative estimate of drug-likeness (QED) is 0.938. The third-order valence-corrected chi connectivity index (χ3v) is 4.21. The Bertz CT molecular complexity index is 587. The summed E-state index contributed by atoms with van der Waals surface area (Å²) in [6.45, 7) is 2.85. The summed E-state index contributed by atoms with van der Waals surface area (Å²) in [5, 5.41) is 2.94. The van der Waals surface area contributed by atoms with Crippen molar-refractivity contribution >= 4 is 17.7 Å². The van der Waals surface area contributed by atoms with Crippen molar-refractivity contribution in [3.63, 3.8) is 0 Å². The molecule has 2 aromatic rings. The van der Waals surface area contributed by atoms with Gasteiger partial charge < -0.3 is 9.88 Å². The van der Waals surface area contributed by atoms with Crippen molar-refractivity contribution in [1.82, 2.24) is 19.9 Å². The first-order valence-electron chi connectivity index (χ1n) is 6.59. The Morgan fingerprint density at radius 1 is 1.50 bits per heavy atom. The van der Waals surface area contributed by atoms with Crippen LogP contribution in [0.1, 0.15) is 35.0 Å². The van der Waals surface area contributed by atoms with Crippen LogP contribution in [0.25, 0.3) is 0 Å². The van der Waals surface area contributed by atoms with Gasteiger partial charge in [0.2, 0.25) is 0 Å². The Morgan fingerprint density at radius 3 is 3.15 bits per heavy atom. The van der Waals surface area contributed by atoms with Gasteiger partial charge in [-0.15, -0.1) is 0 Å². The number of carbonyl (C=O) groups excluding carboxylic acids is 1. The van der Waals surface area contributed by atoms with Gasteiger partial charge >= 0.3 is 0 Å². The van der Waals surface area contributed by atoms with Crippen molar-refractivity contribution in [2.75, 3.05) is 5.75 Å². The first-order valence-corrected chi connectivity index (χ1v) is 7.75. The molecule has 0 aromatic carbocycles. The first-order chi connectivity index (χ1) is 9.74. The molecule has 3 heterocycles. The Hall–Kier alpha value is -1.82. The van der Waals surface area contributed by atoms with Crippen LogP contribution in [0, 0.1) is 0 Å². The molecule has 104 valence electrons. The average molecular weight is 288 g/mol. The molecule has 1 amide bonds. The number of hydrogen-bond acceptors (Lipinski definition) is 4. The van der Waals surface area contributed by atoms with E-state index >= 15 is 0 Å². The Kier molecular flexibility index (Phi) is 3.73. The summed E-state index contributed by atoms with van der Waals surface area (Å²) >= 11 is 1.85. The maximum Gasteiger partial charge on any atom is 0.272 e. The van der Waals surface area contributed by atoms with Crippen molar-refractivity contribution in [1.29, 1.82) is 0 Å². The summed E-state index contributed by atoms with van der Waals surface area (Å²) < 4.78 is 2.07. The van der Waals surface area contributed by atoms with Crippen LogP contribution in [0.15, 0.2) is 30.6 Å². The number of nitrogens with one attached hydrogen (secondary N) is 1. The van der Waals surface area contributed by atoms with Gasteiger partial charge in [0.25, 0.3) is 5.91 Å². The molecular weight excluding hydrogens is 272 g/mol. The monoisotopic (exact) mass is 288 g/mol. The number of carbonyl (C=O) groups is 1. The number of thioether (sulfide) groups is 1. The zero-order chi connectivity index (χ0) is 13.9. The van der Waals surface area contributed by atoms with Crippen LogP contribution in [0.4, 0.5) is 0 Å². The van der Waals surface area contributed by atoms with E-state index in [1.54, 1.807) is 6.20 Å². The van der Waals surface area contributed by atoms with Crippen LogP contribution < -0.4 is 5.32 Å². The van der Waals surface area contributed by atoms with E-state index in [-0.39, 0.29) is 11.9 Å². The highest BCUT2D eigenvalue weighted by atomic mass is 32.2. The number of imidazole rings is 1. The lowest BCUT2D eigenvalue weighted by atomic mass is 10.2. The molecule has 0 saturated heterocycles. The van der Waals surface area contributed by atoms with Gasteiger partial charge in [-0.05, 0) is 19.1 Å². The fourth-order valence-corrected chi connectivity index (χ4v) is 3.06. The highest BCUT2D eigenvalue weighted by molar-refractivity contribution is 7.98. The normalized spacial score (nSPS) is 15.4. The molecule has 0 spiro atoms. The van der Waals surface area contributed by atoms with Crippen molar-refractivity contribution in [3.8, 4) is 0 Å². The number of pyridine rings is 1. The van der Waals surface area contributed by atoms with Gasteiger partial charge in [0.05, 0.1) is 17.5 Å². The second kappa shape index (κ2) is 5.66. The molecule has 1 unspecified atom stereocenters. The molecule has 1 N–H and O–H groups in total. The molecule has 0 bridgehead atoms. The van der Waals surface area contributed by atoms with Crippen LogP contribution in [0.5, 0.6) is 0 Å². The number of aromatic nitrogens is 3. The number of amides is 1. The SMILES string of the molecule is CC(NC(=O)c1cn2c(n1)CSCC2)c1ccccn1. The van der Waals surface area contributed by atoms with Gasteiger partial charge in [-0.25, -0.2) is 4.98 Å². The number of fused-ring (bicyclic) bond motifs is 1. The number of hydrogen-bond donors (Lipinski definition) is 1. The zero-order valence-corrected chi connectivity index (χ0v) is 12.1. The van der Waals surface area contributed by atoms with Crippen LogP contribution in [-0.4, -0.2) is 26.2 Å². The predicted octanol–water partition coefficient (Wildman–Crippen LogP) is 2.02. The Labute approximate surface area is 121 Å². The molecule has 5 nitrogen and oxygen atoms in total. The van der Waals surface area contributed by atoms with Crippen molar-refractivity contribution in [2.24, 2.45) is 0 Å². The minimum Gasteiger partial charge on any atom is -0.343 e. The third kappa shape index (κ3) is 2.70. The van der Waals surface area contributed by atoms with Gasteiger partial charge in [-0.3, -0.25) is 9.78 Å². The second-order valence-corrected chi connectivity index (χ2v) is 5.84. The lowest BCUT2D eigenvalue weighted by molar-refractivity contribution is 0.0934. The van der Waals surface area contributed by atoms with Gasteiger partial charge in [-0.1, -0.05) is 6.07 Å². The molecule has 1 aliphatic heterocycles. The van der Waals surface area contributed by atoms with E-state index in [1.165, 1.54) is 0 Å². The minimum absolute atomic E-state index is 0.128. The summed E-state index contributed by atoms with van der Waals surface area (Å²) in [5.74, 6) is 2.80. The molecule has 0 aliphatic carbocycles. The van der Waals surface area contributed by atoms with E-state index < -0.39 is 0 Å². The van der Waals surface area contributed by atoms with E-state index in [9.17, 15) is 4.79 Å². The molecule has 1 atom stereocenters. The fourth-order valence-electron chi connectivity index (χ4n) is 2.18. The second-order valence-electron chi connectivity index (χ2n) is 4.74. The summed E-state index contributed by atoms with van der Waals surface area (Å²) in [5.41, 5.74) is 1.34. The van der Waals surface area contributed by atoms with Gasteiger partial charge in [-0.2, -0.15) is 11.8 Å². The van der Waals surface area contributed by atoms with Crippen molar-refractivity contribution in [2.45, 2.75) is 25.3 Å². The van der Waals surface area contributed by atoms with Crippen molar-refractivity contribution in [3.05, 3.63) is 47.8 Å². The maximum absolute atomic E-state index is 12.2. The Morgan fingerprint density at radius 2 is 2.40 bits per heavy atom. The van der Waals surface area contributed by atoms with E-state index in [0.717, 1.165) is 29.6 Å². The maximum atomic E-state index is 12.2. The molecule has 0 fully saturated rings. The summed E-state index contributed by atoms with van der Waals surface area (Å²) in [6, 6.07) is 5.55. The lowest BCUT2D eigenvalue weighted by Crippen LogP contribution is -2.27. The van der Waals surface area contributed by atoms with Crippen LogP contribution in [0.2, 0.25) is 0 Å². The molecule has 0 radical (unpaired) electrons. The van der Waals surface area contributed by atoms with E-state index in [2.05, 4.69) is 19.9 Å². The molecule has 6 heteroatoms. The van der Waals surface area contributed by atoms with Crippen molar-refractivity contribution < 1.29 is 4.79 Å². The summed E-state index contributed by atoms with van der Waals surface area (Å²) in [6.07, 6.45) is 3.57. The summed E-state index contributed by atoms with van der Waals surface area (Å²) in [7, 11) is 0. The van der Waals surface area contributed by atoms with Crippen LogP contribution >= 0.6 is 11.8 Å². The number of aryl methyl sites for hydroxylation is 1. The zero-order valence-electron chi connectivity index (χ0n) is 11.2. The first kappa shape index (κ1) is 13.2. The molecule has 2 aromatic heterocycles. The predicted molar refractivity (Wildman–Crippen MR) is 78.5 cm³/mol. The topological polar surface area (TPSA) is 59.8 Å². The van der Waals surface area contributed by atoms with Gasteiger partial charge in [0.1, 0.15) is 11.5 Å². The van der Waals surface area contributed by atoms with E-state index in [0.29, 0.717) is 5.69 Å². The third-order valence-electron chi connectivity index (χ3n) is 3.28. The smallest absolute Gasteiger partial charge is 0.272 e. The van der Waals surface area contributed by atoms with Gasteiger partial charge in [0, 0.05) is 24.7 Å².